The highest BCUT2D eigenvalue weighted by atomic mass is 16.3. The molecule has 0 aromatic heterocycles. The zero-order valence-electron chi connectivity index (χ0n) is 30.2. The third-order valence-electron chi connectivity index (χ3n) is 11.0. The van der Waals surface area contributed by atoms with E-state index in [1.807, 2.05) is 81.1 Å². The summed E-state index contributed by atoms with van der Waals surface area (Å²) in [6.07, 6.45) is 5.80. The summed E-state index contributed by atoms with van der Waals surface area (Å²) in [5, 5.41) is 18.3. The molecular weight excluding hydrogens is 624 g/mol. The van der Waals surface area contributed by atoms with E-state index in [9.17, 15) is 19.5 Å². The number of carbonyl (C=O) groups excluding carboxylic acids is 3. The van der Waals surface area contributed by atoms with Gasteiger partial charge in [0.15, 0.2) is 0 Å². The van der Waals surface area contributed by atoms with Gasteiger partial charge >= 0.3 is 0 Å². The van der Waals surface area contributed by atoms with E-state index in [2.05, 4.69) is 27.7 Å². The number of nitrogens with one attached hydrogen (secondary N) is 2. The van der Waals surface area contributed by atoms with Crippen LogP contribution in [-0.2, 0) is 24.2 Å². The third-order valence-corrected chi connectivity index (χ3v) is 11.0. The number of carbonyl (C=O) groups is 3. The van der Waals surface area contributed by atoms with Gasteiger partial charge in [0.05, 0.1) is 18.2 Å². The Hall–Kier alpha value is -4.01. The highest BCUT2D eigenvalue weighted by Crippen LogP contribution is 2.39. The molecule has 1 aliphatic carbocycles. The number of piperidine rings is 1. The quantitative estimate of drug-likeness (QED) is 0.270. The van der Waals surface area contributed by atoms with Crippen molar-refractivity contribution in [3.63, 3.8) is 0 Å². The van der Waals surface area contributed by atoms with Gasteiger partial charge in [-0.25, -0.2) is 0 Å². The molecule has 3 amide bonds. The lowest BCUT2D eigenvalue weighted by Crippen LogP contribution is -2.60. The van der Waals surface area contributed by atoms with E-state index in [0.717, 1.165) is 48.9 Å². The molecule has 0 bridgehead atoms. The van der Waals surface area contributed by atoms with Crippen LogP contribution < -0.4 is 10.6 Å². The van der Waals surface area contributed by atoms with Crippen LogP contribution in [0.25, 0.3) is 0 Å². The van der Waals surface area contributed by atoms with Gasteiger partial charge in [-0.15, -0.1) is 0 Å². The number of aryl methyl sites for hydroxylation is 1. The van der Waals surface area contributed by atoms with Gasteiger partial charge < -0.3 is 20.6 Å². The fourth-order valence-electron chi connectivity index (χ4n) is 8.24. The second-order valence-corrected chi connectivity index (χ2v) is 15.9. The van der Waals surface area contributed by atoms with Crippen LogP contribution in [0.5, 0.6) is 0 Å². The van der Waals surface area contributed by atoms with E-state index in [-0.39, 0.29) is 35.8 Å². The van der Waals surface area contributed by atoms with Crippen molar-refractivity contribution in [1.29, 1.82) is 0 Å². The average molecular weight is 679 g/mol. The molecule has 1 saturated heterocycles. The van der Waals surface area contributed by atoms with Gasteiger partial charge in [0.1, 0.15) is 0 Å². The van der Waals surface area contributed by atoms with Crippen molar-refractivity contribution in [1.82, 2.24) is 20.4 Å². The van der Waals surface area contributed by atoms with E-state index in [4.69, 9.17) is 0 Å². The molecule has 0 spiro atoms. The molecule has 3 N–H and O–H groups in total. The maximum atomic E-state index is 14.1. The van der Waals surface area contributed by atoms with Crippen molar-refractivity contribution < 1.29 is 19.5 Å². The fraction of sp³-hybridized carbons (Fsp3) is 0.500. The molecule has 1 saturated carbocycles. The number of nitrogens with zero attached hydrogens (tertiary/aromatic N) is 2. The molecule has 5 atom stereocenters. The number of aliphatic hydroxyl groups is 1. The summed E-state index contributed by atoms with van der Waals surface area (Å²) < 4.78 is 0. The van der Waals surface area contributed by atoms with Gasteiger partial charge in [0.2, 0.25) is 5.91 Å². The summed E-state index contributed by atoms with van der Waals surface area (Å²) in [6, 6.07) is 22.5. The van der Waals surface area contributed by atoms with Crippen molar-refractivity contribution in [2.75, 3.05) is 19.6 Å². The number of benzene rings is 3. The Morgan fingerprint density at radius 1 is 0.920 bits per heavy atom. The Kier molecular flexibility index (Phi) is 11.1. The molecular formula is C42H54N4O4. The minimum Gasteiger partial charge on any atom is -0.390 e. The molecule has 8 nitrogen and oxygen atoms in total. The van der Waals surface area contributed by atoms with Gasteiger partial charge in [-0.3, -0.25) is 19.3 Å². The number of hydrogen-bond donors (Lipinski definition) is 3. The molecule has 6 rings (SSSR count). The standard InChI is InChI=1S/C42H54N4O4/c1-28-18-19-32(41(50)45-21-20-30-14-8-10-16-33(30)25-45)23-35(28)39(48)43-36(22-29-12-6-5-7-13-29)38(47)27-46-26-34-17-11-9-15-31(34)24-37(46)40(49)44-42(2,3)4/h5-8,10,12-14,16,18-19,23,31,34,36-38,47H,9,11,15,17,20-22,24-27H2,1-4H3,(H,43,48)(H,44,49)/t31-,34+,36-,37-,38+/m0/s1. The number of fused-ring (bicyclic) bond motifs is 2. The van der Waals surface area contributed by atoms with Gasteiger partial charge in [-0.1, -0.05) is 79.9 Å². The molecule has 50 heavy (non-hydrogen) atoms. The monoisotopic (exact) mass is 678 g/mol. The summed E-state index contributed by atoms with van der Waals surface area (Å²) in [6.45, 7) is 10.1. The van der Waals surface area contributed by atoms with Crippen LogP contribution in [0, 0.1) is 18.8 Å². The van der Waals surface area contributed by atoms with Crippen LogP contribution in [0.3, 0.4) is 0 Å². The first-order valence-electron chi connectivity index (χ1n) is 18.5. The number of hydrogen-bond acceptors (Lipinski definition) is 5. The number of amides is 3. The van der Waals surface area contributed by atoms with Crippen LogP contribution in [0.15, 0.2) is 72.8 Å². The molecule has 266 valence electrons. The maximum absolute atomic E-state index is 14.1. The lowest BCUT2D eigenvalue weighted by atomic mass is 9.72. The molecule has 0 radical (unpaired) electrons. The Morgan fingerprint density at radius 3 is 2.36 bits per heavy atom. The first-order valence-corrected chi connectivity index (χ1v) is 18.5. The number of β-amino-alcohol motifs (C(OH)–C–C–N with tert-alkyl or cyclic N) is 1. The third kappa shape index (κ3) is 8.64. The fourth-order valence-corrected chi connectivity index (χ4v) is 8.24. The van der Waals surface area contributed by atoms with Gasteiger partial charge in [-0.2, -0.15) is 0 Å². The molecule has 2 heterocycles. The minimum atomic E-state index is -0.928. The number of rotatable bonds is 9. The predicted octanol–water partition coefficient (Wildman–Crippen LogP) is 5.69. The van der Waals surface area contributed by atoms with E-state index in [1.54, 1.807) is 12.1 Å². The van der Waals surface area contributed by atoms with Crippen LogP contribution >= 0.6 is 0 Å². The Balaban J connectivity index is 1.21. The van der Waals surface area contributed by atoms with Crippen LogP contribution in [0.2, 0.25) is 0 Å². The normalized spacial score (nSPS) is 22.1. The minimum absolute atomic E-state index is 0.00617. The average Bonchev–Trinajstić information content (AvgIpc) is 3.10. The smallest absolute Gasteiger partial charge is 0.254 e. The van der Waals surface area contributed by atoms with E-state index in [0.29, 0.717) is 42.5 Å². The first kappa shape index (κ1) is 35.8. The highest BCUT2D eigenvalue weighted by molar-refractivity contribution is 6.00. The zero-order chi connectivity index (χ0) is 35.4. The van der Waals surface area contributed by atoms with E-state index < -0.39 is 12.1 Å². The topological polar surface area (TPSA) is 102 Å². The summed E-state index contributed by atoms with van der Waals surface area (Å²) in [4.78, 5) is 45.4. The lowest BCUT2D eigenvalue weighted by Gasteiger charge is -2.47. The maximum Gasteiger partial charge on any atom is 0.254 e. The van der Waals surface area contributed by atoms with Crippen molar-refractivity contribution in [3.8, 4) is 0 Å². The first-order chi connectivity index (χ1) is 23.9. The van der Waals surface area contributed by atoms with Crippen molar-refractivity contribution in [3.05, 3.63) is 106 Å². The molecule has 3 aromatic rings. The zero-order valence-corrected chi connectivity index (χ0v) is 30.2. The van der Waals surface area contributed by atoms with Gasteiger partial charge in [0.25, 0.3) is 11.8 Å². The Bertz CT molecular complexity index is 1670. The van der Waals surface area contributed by atoms with E-state index in [1.165, 1.54) is 18.4 Å². The van der Waals surface area contributed by atoms with Crippen LogP contribution in [0.1, 0.15) is 95.8 Å². The van der Waals surface area contributed by atoms with Gasteiger partial charge in [-0.05, 0) is 99.6 Å². The molecule has 2 aliphatic heterocycles. The Labute approximate surface area is 297 Å². The Morgan fingerprint density at radius 2 is 1.62 bits per heavy atom. The summed E-state index contributed by atoms with van der Waals surface area (Å²) in [7, 11) is 0. The molecule has 3 aromatic carbocycles. The SMILES string of the molecule is Cc1ccc(C(=O)N2CCc3ccccc3C2)cc1C(=O)N[C@@H](Cc1ccccc1)[C@H](O)CN1C[C@H]2CCCC[C@H]2C[C@H]1C(=O)NC(C)(C)C. The summed E-state index contributed by atoms with van der Waals surface area (Å²) >= 11 is 0. The summed E-state index contributed by atoms with van der Waals surface area (Å²) in [5.74, 6) is 0.611. The van der Waals surface area contributed by atoms with Crippen LogP contribution in [0.4, 0.5) is 0 Å². The second-order valence-electron chi connectivity index (χ2n) is 15.9. The molecule has 8 heteroatoms. The highest BCUT2D eigenvalue weighted by Gasteiger charge is 2.42. The lowest BCUT2D eigenvalue weighted by molar-refractivity contribution is -0.132. The second kappa shape index (κ2) is 15.5. The molecule has 2 fully saturated rings. The van der Waals surface area contributed by atoms with Crippen LogP contribution in [-0.4, -0.2) is 76.0 Å². The van der Waals surface area contributed by atoms with Crippen molar-refractivity contribution in [2.24, 2.45) is 11.8 Å². The summed E-state index contributed by atoms with van der Waals surface area (Å²) in [5.41, 5.74) is 4.71. The van der Waals surface area contributed by atoms with Crippen molar-refractivity contribution in [2.45, 2.75) is 103 Å². The largest absolute Gasteiger partial charge is 0.390 e. The molecule has 0 unspecified atom stereocenters. The van der Waals surface area contributed by atoms with Gasteiger partial charge in [0, 0.05) is 42.8 Å². The predicted molar refractivity (Wildman–Crippen MR) is 197 cm³/mol. The molecule has 3 aliphatic rings. The van der Waals surface area contributed by atoms with Crippen molar-refractivity contribution >= 4 is 17.7 Å². The number of aliphatic hydroxyl groups excluding tert-OH is 1. The number of likely N-dealkylation sites (tertiary alicyclic amines) is 1. The van der Waals surface area contributed by atoms with E-state index >= 15 is 0 Å².